The summed E-state index contributed by atoms with van der Waals surface area (Å²) in [4.78, 5) is 0.246. The summed E-state index contributed by atoms with van der Waals surface area (Å²) >= 11 is 3.38. The summed E-state index contributed by atoms with van der Waals surface area (Å²) in [6.45, 7) is 3.07. The zero-order valence-electron chi connectivity index (χ0n) is 12.8. The Hall–Kier alpha value is -0.340. The molecule has 0 aliphatic carbocycles. The van der Waals surface area contributed by atoms with Crippen LogP contribution in [-0.2, 0) is 16.4 Å². The van der Waals surface area contributed by atoms with Crippen molar-refractivity contribution in [1.82, 2.24) is 10.0 Å². The van der Waals surface area contributed by atoms with E-state index in [0.29, 0.717) is 24.8 Å². The smallest absolute Gasteiger partial charge is 0.244 e. The van der Waals surface area contributed by atoms with E-state index < -0.39 is 10.0 Å². The number of sulfonamides is 1. The summed E-state index contributed by atoms with van der Waals surface area (Å²) in [5.74, 6) is 1.07. The van der Waals surface area contributed by atoms with E-state index in [0.717, 1.165) is 36.0 Å². The molecule has 3 rings (SSSR count). The van der Waals surface area contributed by atoms with Gasteiger partial charge in [0.1, 0.15) is 10.6 Å². The lowest BCUT2D eigenvalue weighted by atomic mass is 9.96. The highest BCUT2D eigenvalue weighted by Crippen LogP contribution is 2.35. The first kappa shape index (κ1) is 19.0. The lowest BCUT2D eigenvalue weighted by molar-refractivity contribution is 0.347. The number of benzene rings is 1. The van der Waals surface area contributed by atoms with Gasteiger partial charge in [-0.25, -0.2) is 13.1 Å². The van der Waals surface area contributed by atoms with Gasteiger partial charge < -0.3 is 10.1 Å². The van der Waals surface area contributed by atoms with Crippen LogP contribution in [0, 0.1) is 5.92 Å². The van der Waals surface area contributed by atoms with Gasteiger partial charge in [0.15, 0.2) is 0 Å². The number of halogens is 2. The predicted molar refractivity (Wildman–Crippen MR) is 96.0 cm³/mol. The first-order valence-corrected chi connectivity index (χ1v) is 9.99. The molecule has 1 saturated heterocycles. The number of nitrogens with one attached hydrogen (secondary N) is 2. The first-order chi connectivity index (χ1) is 10.6. The number of piperidine rings is 1. The molecule has 8 heteroatoms. The van der Waals surface area contributed by atoms with Crippen LogP contribution >= 0.6 is 28.3 Å². The average molecular weight is 426 g/mol. The van der Waals surface area contributed by atoms with Crippen LogP contribution in [0.5, 0.6) is 5.75 Å². The SMILES string of the molecule is Cl.O=S(=O)(NCCC1CCCNC1)c1cc(Br)cc2c1OCC2. The van der Waals surface area contributed by atoms with Gasteiger partial charge in [-0.15, -0.1) is 12.4 Å². The largest absolute Gasteiger partial charge is 0.492 e. The summed E-state index contributed by atoms with van der Waals surface area (Å²) in [5.41, 5.74) is 0.950. The van der Waals surface area contributed by atoms with Gasteiger partial charge in [0.25, 0.3) is 0 Å². The second-order valence-electron chi connectivity index (χ2n) is 5.89. The quantitative estimate of drug-likeness (QED) is 0.760. The molecule has 0 spiro atoms. The molecule has 1 aromatic carbocycles. The molecule has 0 radical (unpaired) electrons. The molecule has 0 saturated carbocycles. The van der Waals surface area contributed by atoms with Crippen LogP contribution in [0.2, 0.25) is 0 Å². The highest BCUT2D eigenvalue weighted by atomic mass is 79.9. The first-order valence-electron chi connectivity index (χ1n) is 7.72. The maximum absolute atomic E-state index is 12.6. The predicted octanol–water partition coefficient (Wildman–Crippen LogP) is 2.47. The van der Waals surface area contributed by atoms with Gasteiger partial charge in [-0.3, -0.25) is 0 Å². The Balaban J connectivity index is 0.00000192. The standard InChI is InChI=1S/C15H21BrN2O3S.ClH/c16-13-8-12-4-7-21-15(12)14(9-13)22(19,20)18-6-3-11-2-1-5-17-10-11;/h8-9,11,17-18H,1-7,10H2;1H. The molecule has 130 valence electrons. The Labute approximate surface area is 152 Å². The van der Waals surface area contributed by atoms with Crippen molar-refractivity contribution in [2.24, 2.45) is 5.92 Å². The molecule has 0 amide bonds. The fourth-order valence-electron chi connectivity index (χ4n) is 3.08. The Morgan fingerprint density at radius 3 is 2.96 bits per heavy atom. The molecule has 2 heterocycles. The Bertz CT molecular complexity index is 648. The zero-order valence-corrected chi connectivity index (χ0v) is 16.0. The number of hydrogen-bond acceptors (Lipinski definition) is 4. The van der Waals surface area contributed by atoms with Gasteiger partial charge in [0.05, 0.1) is 6.61 Å². The summed E-state index contributed by atoms with van der Waals surface area (Å²) in [6, 6.07) is 3.55. The molecule has 0 aromatic heterocycles. The van der Waals surface area contributed by atoms with E-state index in [1.807, 2.05) is 6.07 Å². The summed E-state index contributed by atoms with van der Waals surface area (Å²) in [5, 5.41) is 3.35. The van der Waals surface area contributed by atoms with Gasteiger partial charge >= 0.3 is 0 Å². The highest BCUT2D eigenvalue weighted by Gasteiger charge is 2.26. The lowest BCUT2D eigenvalue weighted by Crippen LogP contribution is -2.33. The van der Waals surface area contributed by atoms with E-state index >= 15 is 0 Å². The van der Waals surface area contributed by atoms with E-state index in [2.05, 4.69) is 26.0 Å². The van der Waals surface area contributed by atoms with Gasteiger partial charge in [0.2, 0.25) is 10.0 Å². The van der Waals surface area contributed by atoms with Crippen LogP contribution < -0.4 is 14.8 Å². The summed E-state index contributed by atoms with van der Waals surface area (Å²) in [6.07, 6.45) is 3.96. The molecule has 2 N–H and O–H groups in total. The van der Waals surface area contributed by atoms with Crippen molar-refractivity contribution >= 4 is 38.4 Å². The average Bonchev–Trinajstić information content (AvgIpc) is 2.95. The molecule has 1 atom stereocenters. The van der Waals surface area contributed by atoms with Crippen molar-refractivity contribution in [2.75, 3.05) is 26.2 Å². The normalized spacial score (nSPS) is 20.5. The van der Waals surface area contributed by atoms with Crippen LogP contribution in [0.1, 0.15) is 24.8 Å². The van der Waals surface area contributed by atoms with Gasteiger partial charge in [0, 0.05) is 23.0 Å². The van der Waals surface area contributed by atoms with E-state index in [-0.39, 0.29) is 17.3 Å². The van der Waals surface area contributed by atoms with Crippen molar-refractivity contribution in [3.63, 3.8) is 0 Å². The summed E-state index contributed by atoms with van der Waals surface area (Å²) in [7, 11) is -3.53. The molecule has 1 fully saturated rings. The summed E-state index contributed by atoms with van der Waals surface area (Å²) < 4.78 is 34.1. The van der Waals surface area contributed by atoms with E-state index in [9.17, 15) is 8.42 Å². The maximum atomic E-state index is 12.6. The number of rotatable bonds is 5. The van der Waals surface area contributed by atoms with Crippen LogP contribution in [0.4, 0.5) is 0 Å². The number of ether oxygens (including phenoxy) is 1. The Kier molecular flexibility index (Phi) is 6.74. The van der Waals surface area contributed by atoms with E-state index in [1.54, 1.807) is 6.07 Å². The van der Waals surface area contributed by atoms with Crippen LogP contribution in [0.25, 0.3) is 0 Å². The Morgan fingerprint density at radius 2 is 2.22 bits per heavy atom. The fourth-order valence-corrected chi connectivity index (χ4v) is 5.00. The van der Waals surface area contributed by atoms with E-state index in [4.69, 9.17) is 4.74 Å². The van der Waals surface area contributed by atoms with Crippen LogP contribution in [-0.4, -0.2) is 34.7 Å². The minimum atomic E-state index is -3.53. The fraction of sp³-hybridized carbons (Fsp3) is 0.600. The van der Waals surface area contributed by atoms with Gasteiger partial charge in [-0.05, 0) is 50.4 Å². The third-order valence-electron chi connectivity index (χ3n) is 4.25. The van der Waals surface area contributed by atoms with Crippen molar-refractivity contribution in [1.29, 1.82) is 0 Å². The van der Waals surface area contributed by atoms with Crippen LogP contribution in [0.3, 0.4) is 0 Å². The van der Waals surface area contributed by atoms with Gasteiger partial charge in [-0.1, -0.05) is 15.9 Å². The lowest BCUT2D eigenvalue weighted by Gasteiger charge is -2.22. The molecule has 1 unspecified atom stereocenters. The third-order valence-corrected chi connectivity index (χ3v) is 6.17. The molecule has 2 aliphatic rings. The monoisotopic (exact) mass is 424 g/mol. The van der Waals surface area contributed by atoms with Crippen molar-refractivity contribution < 1.29 is 13.2 Å². The molecule has 5 nitrogen and oxygen atoms in total. The second kappa shape index (κ2) is 8.16. The number of hydrogen-bond donors (Lipinski definition) is 2. The molecular weight excluding hydrogens is 404 g/mol. The van der Waals surface area contributed by atoms with Crippen molar-refractivity contribution in [3.05, 3.63) is 22.2 Å². The molecule has 0 bridgehead atoms. The zero-order chi connectivity index (χ0) is 15.6. The topological polar surface area (TPSA) is 67.4 Å². The van der Waals surface area contributed by atoms with Crippen LogP contribution in [0.15, 0.2) is 21.5 Å². The minimum Gasteiger partial charge on any atom is -0.492 e. The van der Waals surface area contributed by atoms with Crippen molar-refractivity contribution in [3.8, 4) is 5.75 Å². The molecular formula is C15H22BrClN2O3S. The maximum Gasteiger partial charge on any atom is 0.244 e. The minimum absolute atomic E-state index is 0. The second-order valence-corrected chi connectivity index (χ2v) is 8.54. The molecule has 1 aromatic rings. The third kappa shape index (κ3) is 4.60. The van der Waals surface area contributed by atoms with Gasteiger partial charge in [-0.2, -0.15) is 0 Å². The molecule has 2 aliphatic heterocycles. The number of fused-ring (bicyclic) bond motifs is 1. The Morgan fingerprint density at radius 1 is 1.39 bits per heavy atom. The highest BCUT2D eigenvalue weighted by molar-refractivity contribution is 9.10. The van der Waals surface area contributed by atoms with E-state index in [1.165, 1.54) is 12.8 Å². The molecule has 23 heavy (non-hydrogen) atoms. The van der Waals surface area contributed by atoms with Crippen molar-refractivity contribution in [2.45, 2.75) is 30.6 Å².